The van der Waals surface area contributed by atoms with Crippen LogP contribution >= 0.6 is 0 Å². The van der Waals surface area contributed by atoms with Crippen LogP contribution in [-0.2, 0) is 5.41 Å². The normalized spacial score (nSPS) is 15.9. The summed E-state index contributed by atoms with van der Waals surface area (Å²) in [5, 5.41) is 4.07. The molecule has 5 rings (SSSR count). The Labute approximate surface area is 153 Å². The summed E-state index contributed by atoms with van der Waals surface area (Å²) in [7, 11) is 0. The molecule has 0 amide bonds. The SMILES string of the molecule is CC(C)n1c(=O)c2c(-c3nc(C4(C)CC4)no3)ncn2c2cccc(F)c21. The summed E-state index contributed by atoms with van der Waals surface area (Å²) >= 11 is 0. The molecule has 4 aromatic rings. The van der Waals surface area contributed by atoms with E-state index in [1.165, 1.54) is 17.0 Å². The zero-order valence-corrected chi connectivity index (χ0v) is 15.2. The van der Waals surface area contributed by atoms with Crippen LogP contribution in [-0.4, -0.2) is 24.1 Å². The summed E-state index contributed by atoms with van der Waals surface area (Å²) in [6.07, 6.45) is 3.53. The van der Waals surface area contributed by atoms with E-state index in [0.29, 0.717) is 22.6 Å². The maximum atomic E-state index is 14.6. The molecule has 3 aromatic heterocycles. The number of imidazole rings is 1. The van der Waals surface area contributed by atoms with E-state index in [1.807, 2.05) is 13.8 Å². The zero-order chi connectivity index (χ0) is 18.9. The van der Waals surface area contributed by atoms with Crippen LogP contribution in [0.3, 0.4) is 0 Å². The van der Waals surface area contributed by atoms with Crippen molar-refractivity contribution in [3.8, 4) is 11.6 Å². The van der Waals surface area contributed by atoms with Crippen LogP contribution in [0.15, 0.2) is 33.8 Å². The second-order valence-corrected chi connectivity index (χ2v) is 7.67. The number of aromatic nitrogens is 5. The molecule has 0 radical (unpaired) electrons. The first kappa shape index (κ1) is 16.2. The molecule has 0 N–H and O–H groups in total. The van der Waals surface area contributed by atoms with Crippen molar-refractivity contribution < 1.29 is 8.91 Å². The highest BCUT2D eigenvalue weighted by atomic mass is 19.1. The third-order valence-corrected chi connectivity index (χ3v) is 5.34. The van der Waals surface area contributed by atoms with E-state index in [0.717, 1.165) is 12.8 Å². The number of hydrogen-bond donors (Lipinski definition) is 0. The molecule has 27 heavy (non-hydrogen) atoms. The van der Waals surface area contributed by atoms with Crippen LogP contribution < -0.4 is 5.56 Å². The van der Waals surface area contributed by atoms with E-state index in [-0.39, 0.29) is 28.4 Å². The number of hydrogen-bond acceptors (Lipinski definition) is 5. The molecule has 1 saturated carbocycles. The average molecular weight is 367 g/mol. The Hall–Kier alpha value is -3.03. The van der Waals surface area contributed by atoms with Gasteiger partial charge in [0.2, 0.25) is 0 Å². The highest BCUT2D eigenvalue weighted by Gasteiger charge is 2.44. The molecule has 0 saturated heterocycles. The van der Waals surface area contributed by atoms with Gasteiger partial charge in [-0.15, -0.1) is 0 Å². The Balaban J connectivity index is 1.85. The topological polar surface area (TPSA) is 78.2 Å². The molecular weight excluding hydrogens is 349 g/mol. The Bertz CT molecular complexity index is 1260. The predicted molar refractivity (Wildman–Crippen MR) is 97.2 cm³/mol. The summed E-state index contributed by atoms with van der Waals surface area (Å²) in [5.41, 5.74) is 1.05. The van der Waals surface area contributed by atoms with E-state index < -0.39 is 5.82 Å². The van der Waals surface area contributed by atoms with E-state index in [2.05, 4.69) is 22.0 Å². The number of nitrogens with zero attached hydrogens (tertiary/aromatic N) is 5. The average Bonchev–Trinajstić information content (AvgIpc) is 3.06. The van der Waals surface area contributed by atoms with Crippen molar-refractivity contribution in [2.45, 2.75) is 45.1 Å². The molecule has 1 fully saturated rings. The highest BCUT2D eigenvalue weighted by Crippen LogP contribution is 2.46. The zero-order valence-electron chi connectivity index (χ0n) is 15.2. The summed E-state index contributed by atoms with van der Waals surface area (Å²) in [4.78, 5) is 22.1. The third-order valence-electron chi connectivity index (χ3n) is 5.34. The molecule has 1 aromatic carbocycles. The number of benzene rings is 1. The summed E-state index contributed by atoms with van der Waals surface area (Å²) in [6, 6.07) is 4.50. The second-order valence-electron chi connectivity index (χ2n) is 7.67. The van der Waals surface area contributed by atoms with E-state index in [1.54, 1.807) is 16.5 Å². The van der Waals surface area contributed by atoms with Gasteiger partial charge in [-0.3, -0.25) is 13.8 Å². The number of rotatable bonds is 3. The molecule has 1 aliphatic rings. The summed E-state index contributed by atoms with van der Waals surface area (Å²) < 4.78 is 23.0. The lowest BCUT2D eigenvalue weighted by molar-refractivity contribution is 0.415. The number of para-hydroxylation sites is 1. The van der Waals surface area contributed by atoms with E-state index in [4.69, 9.17) is 4.52 Å². The van der Waals surface area contributed by atoms with Crippen molar-refractivity contribution in [3.63, 3.8) is 0 Å². The fourth-order valence-electron chi connectivity index (χ4n) is 3.51. The minimum absolute atomic E-state index is 0.0503. The van der Waals surface area contributed by atoms with Gasteiger partial charge in [0.1, 0.15) is 23.2 Å². The molecule has 7 nitrogen and oxygen atoms in total. The van der Waals surface area contributed by atoms with Crippen LogP contribution in [0.1, 0.15) is 45.5 Å². The molecule has 1 aliphatic carbocycles. The fraction of sp³-hybridized carbons (Fsp3) is 0.368. The fourth-order valence-corrected chi connectivity index (χ4v) is 3.51. The van der Waals surface area contributed by atoms with Crippen molar-refractivity contribution in [2.75, 3.05) is 0 Å². The summed E-state index contributed by atoms with van der Waals surface area (Å²) in [5.74, 6) is 0.399. The smallest absolute Gasteiger partial charge is 0.279 e. The second kappa shape index (κ2) is 5.25. The predicted octanol–water partition coefficient (Wildman–Crippen LogP) is 3.47. The van der Waals surface area contributed by atoms with Gasteiger partial charge >= 0.3 is 0 Å². The van der Waals surface area contributed by atoms with Crippen LogP contribution in [0.4, 0.5) is 4.39 Å². The van der Waals surface area contributed by atoms with Gasteiger partial charge < -0.3 is 4.52 Å². The van der Waals surface area contributed by atoms with Gasteiger partial charge in [-0.2, -0.15) is 4.98 Å². The Morgan fingerprint density at radius 3 is 2.74 bits per heavy atom. The van der Waals surface area contributed by atoms with Crippen molar-refractivity contribution >= 4 is 16.6 Å². The van der Waals surface area contributed by atoms with E-state index >= 15 is 0 Å². The molecule has 0 bridgehead atoms. The van der Waals surface area contributed by atoms with Crippen molar-refractivity contribution in [2.24, 2.45) is 0 Å². The number of halogens is 1. The van der Waals surface area contributed by atoms with Crippen LogP contribution in [0.5, 0.6) is 0 Å². The lowest BCUT2D eigenvalue weighted by atomic mass is 10.1. The maximum Gasteiger partial charge on any atom is 0.279 e. The van der Waals surface area contributed by atoms with Crippen molar-refractivity contribution in [1.82, 2.24) is 24.1 Å². The van der Waals surface area contributed by atoms with Gasteiger partial charge in [0.05, 0.1) is 5.52 Å². The summed E-state index contributed by atoms with van der Waals surface area (Å²) in [6.45, 7) is 5.77. The molecule has 138 valence electrons. The first-order valence-corrected chi connectivity index (χ1v) is 8.95. The minimum atomic E-state index is -0.447. The van der Waals surface area contributed by atoms with Crippen molar-refractivity contribution in [1.29, 1.82) is 0 Å². The Morgan fingerprint density at radius 1 is 1.26 bits per heavy atom. The molecular formula is C19H18FN5O2. The van der Waals surface area contributed by atoms with Crippen LogP contribution in [0, 0.1) is 5.82 Å². The largest absolute Gasteiger partial charge is 0.332 e. The van der Waals surface area contributed by atoms with E-state index in [9.17, 15) is 9.18 Å². The minimum Gasteiger partial charge on any atom is -0.332 e. The van der Waals surface area contributed by atoms with Gasteiger partial charge in [0.25, 0.3) is 11.4 Å². The molecule has 0 spiro atoms. The molecule has 8 heteroatoms. The van der Waals surface area contributed by atoms with Gasteiger partial charge in [-0.1, -0.05) is 18.1 Å². The van der Waals surface area contributed by atoms with Gasteiger partial charge in [-0.25, -0.2) is 9.37 Å². The quantitative estimate of drug-likeness (QED) is 0.554. The molecule has 0 aliphatic heterocycles. The van der Waals surface area contributed by atoms with Gasteiger partial charge in [0, 0.05) is 11.5 Å². The van der Waals surface area contributed by atoms with Crippen LogP contribution in [0.25, 0.3) is 28.1 Å². The first-order chi connectivity index (χ1) is 12.9. The monoisotopic (exact) mass is 367 g/mol. The highest BCUT2D eigenvalue weighted by molar-refractivity contribution is 5.83. The lowest BCUT2D eigenvalue weighted by Crippen LogP contribution is -2.25. The molecule has 0 atom stereocenters. The Morgan fingerprint density at radius 2 is 2.04 bits per heavy atom. The van der Waals surface area contributed by atoms with Crippen molar-refractivity contribution in [3.05, 3.63) is 46.5 Å². The maximum absolute atomic E-state index is 14.6. The van der Waals surface area contributed by atoms with Gasteiger partial charge in [-0.05, 0) is 38.8 Å². The molecule has 0 unspecified atom stereocenters. The molecule has 3 heterocycles. The van der Waals surface area contributed by atoms with Gasteiger partial charge in [0.15, 0.2) is 11.5 Å². The Kier molecular flexibility index (Phi) is 3.14. The third kappa shape index (κ3) is 2.19. The van der Waals surface area contributed by atoms with Crippen LogP contribution in [0.2, 0.25) is 0 Å². The lowest BCUT2D eigenvalue weighted by Gasteiger charge is -2.16. The number of fused-ring (bicyclic) bond motifs is 3. The first-order valence-electron chi connectivity index (χ1n) is 8.95. The standard InChI is InChI=1S/C19H18FN5O2/c1-10(2)25-14-11(20)5-4-6-12(14)24-9-21-13(15(24)17(25)26)16-22-18(23-27-16)19(3)7-8-19/h4-6,9-10H,7-8H2,1-3H3.